The predicted octanol–water partition coefficient (Wildman–Crippen LogP) is 5.62. The van der Waals surface area contributed by atoms with Gasteiger partial charge in [-0.05, 0) is 61.1 Å². The highest BCUT2D eigenvalue weighted by molar-refractivity contribution is 9.10. The van der Waals surface area contributed by atoms with Crippen molar-refractivity contribution in [3.8, 4) is 11.3 Å². The molecular weight excluding hydrogens is 436 g/mol. The van der Waals surface area contributed by atoms with E-state index in [4.69, 9.17) is 16.6 Å². The molecule has 1 aliphatic rings. The summed E-state index contributed by atoms with van der Waals surface area (Å²) in [7, 11) is 1.79. The van der Waals surface area contributed by atoms with Gasteiger partial charge >= 0.3 is 0 Å². The van der Waals surface area contributed by atoms with Gasteiger partial charge in [-0.2, -0.15) is 0 Å². The van der Waals surface area contributed by atoms with Gasteiger partial charge in [-0.1, -0.05) is 40.2 Å². The summed E-state index contributed by atoms with van der Waals surface area (Å²) in [5.41, 5.74) is 3.33. The second kappa shape index (κ2) is 7.37. The smallest absolute Gasteiger partial charge is 0.281 e. The van der Waals surface area contributed by atoms with E-state index in [-0.39, 0.29) is 5.91 Å². The molecule has 0 N–H and O–H groups in total. The van der Waals surface area contributed by atoms with Crippen molar-refractivity contribution < 1.29 is 9.21 Å². The summed E-state index contributed by atoms with van der Waals surface area (Å²) in [5, 5.41) is 0.442. The van der Waals surface area contributed by atoms with Gasteiger partial charge in [-0.15, -0.1) is 0 Å². The zero-order chi connectivity index (χ0) is 19.8. The van der Waals surface area contributed by atoms with E-state index in [1.54, 1.807) is 18.0 Å². The van der Waals surface area contributed by atoms with Crippen LogP contribution in [-0.2, 0) is 4.79 Å². The number of carbonyl (C=O) groups is 1. The van der Waals surface area contributed by atoms with Crippen molar-refractivity contribution in [3.63, 3.8) is 0 Å². The van der Waals surface area contributed by atoms with E-state index >= 15 is 0 Å². The lowest BCUT2D eigenvalue weighted by atomic mass is 10.1. The van der Waals surface area contributed by atoms with Gasteiger partial charge in [0.2, 0.25) is 0 Å². The van der Waals surface area contributed by atoms with Crippen LogP contribution >= 0.6 is 28.1 Å². The maximum Gasteiger partial charge on any atom is 0.281 e. The second-order valence-electron chi connectivity index (χ2n) is 6.51. The van der Waals surface area contributed by atoms with Crippen LogP contribution in [0.3, 0.4) is 0 Å². The number of para-hydroxylation sites is 1. The van der Waals surface area contributed by atoms with E-state index < -0.39 is 0 Å². The lowest BCUT2D eigenvalue weighted by molar-refractivity contribution is -0.114. The molecule has 4 rings (SSSR count). The van der Waals surface area contributed by atoms with E-state index in [9.17, 15) is 4.79 Å². The number of benzene rings is 2. The van der Waals surface area contributed by atoms with E-state index in [0.717, 1.165) is 27.0 Å². The van der Waals surface area contributed by atoms with Crippen molar-refractivity contribution in [2.45, 2.75) is 6.92 Å². The van der Waals surface area contributed by atoms with Crippen LogP contribution in [0.5, 0.6) is 0 Å². The molecule has 2 heterocycles. The third kappa shape index (κ3) is 3.30. The summed E-state index contributed by atoms with van der Waals surface area (Å²) < 4.78 is 7.02. The van der Waals surface area contributed by atoms with Crippen molar-refractivity contribution in [1.82, 2.24) is 4.90 Å². The summed E-state index contributed by atoms with van der Waals surface area (Å²) in [6.45, 7) is 2.03. The zero-order valence-corrected chi connectivity index (χ0v) is 17.8. The number of aryl methyl sites for hydroxylation is 1. The Kier molecular flexibility index (Phi) is 4.91. The number of furan rings is 1. The molecular formula is C22H17BrN2O2S. The van der Waals surface area contributed by atoms with Gasteiger partial charge in [-0.25, -0.2) is 0 Å². The topological polar surface area (TPSA) is 36.7 Å². The summed E-state index contributed by atoms with van der Waals surface area (Å²) in [6.07, 6.45) is 1.73. The van der Waals surface area contributed by atoms with Crippen LogP contribution in [0.25, 0.3) is 17.4 Å². The molecule has 28 heavy (non-hydrogen) atoms. The lowest BCUT2D eigenvalue weighted by Crippen LogP contribution is -2.30. The molecule has 0 spiro atoms. The number of anilines is 1. The molecule has 3 aromatic rings. The van der Waals surface area contributed by atoms with Crippen molar-refractivity contribution in [2.75, 3.05) is 11.9 Å². The minimum Gasteiger partial charge on any atom is -0.457 e. The van der Waals surface area contributed by atoms with E-state index in [1.165, 1.54) is 4.90 Å². The number of rotatable bonds is 3. The Morgan fingerprint density at radius 2 is 1.82 bits per heavy atom. The summed E-state index contributed by atoms with van der Waals surface area (Å²) in [6, 6.07) is 19.2. The van der Waals surface area contributed by atoms with Crippen LogP contribution in [0.2, 0.25) is 0 Å². The highest BCUT2D eigenvalue weighted by atomic mass is 79.9. The van der Waals surface area contributed by atoms with Crippen LogP contribution in [0.15, 0.2) is 75.3 Å². The third-order valence-corrected chi connectivity index (χ3v) is 5.97. The van der Waals surface area contributed by atoms with Crippen LogP contribution in [-0.4, -0.2) is 23.0 Å². The number of amides is 1. The minimum atomic E-state index is -0.170. The second-order valence-corrected chi connectivity index (χ2v) is 7.73. The highest BCUT2D eigenvalue weighted by Gasteiger charge is 2.36. The first-order valence-electron chi connectivity index (χ1n) is 8.71. The fourth-order valence-electron chi connectivity index (χ4n) is 3.08. The van der Waals surface area contributed by atoms with E-state index in [0.29, 0.717) is 16.6 Å². The van der Waals surface area contributed by atoms with Gasteiger partial charge in [0.05, 0.1) is 5.69 Å². The molecule has 1 saturated heterocycles. The Hall–Kier alpha value is -2.70. The molecule has 4 nitrogen and oxygen atoms in total. The molecule has 1 aromatic heterocycles. The van der Waals surface area contributed by atoms with Crippen LogP contribution in [0.4, 0.5) is 5.69 Å². The summed E-state index contributed by atoms with van der Waals surface area (Å²) in [5.74, 6) is 1.18. The molecule has 0 unspecified atom stereocenters. The third-order valence-electron chi connectivity index (χ3n) is 4.62. The predicted molar refractivity (Wildman–Crippen MR) is 119 cm³/mol. The standard InChI is InChI=1S/C22H17BrN2O2S/c1-14-12-15(8-10-18(14)23)20-11-9-17(27-20)13-19-21(26)25(22(28)24(19)2)16-6-4-3-5-7-16/h3-13H,1-2H3/b19-13-. The molecule has 0 saturated carbocycles. The fourth-order valence-corrected chi connectivity index (χ4v) is 3.61. The monoisotopic (exact) mass is 452 g/mol. The van der Waals surface area contributed by atoms with Gasteiger partial charge in [0.25, 0.3) is 5.91 Å². The van der Waals surface area contributed by atoms with Crippen molar-refractivity contribution >= 4 is 50.9 Å². The molecule has 0 radical (unpaired) electrons. The van der Waals surface area contributed by atoms with Gasteiger partial charge in [0.1, 0.15) is 17.2 Å². The number of hydrogen-bond donors (Lipinski definition) is 0. The van der Waals surface area contributed by atoms with Gasteiger partial charge in [-0.3, -0.25) is 9.69 Å². The quantitative estimate of drug-likeness (QED) is 0.381. The average Bonchev–Trinajstić information content (AvgIpc) is 3.24. The molecule has 0 bridgehead atoms. The minimum absolute atomic E-state index is 0.170. The van der Waals surface area contributed by atoms with Crippen molar-refractivity contribution in [3.05, 3.63) is 82.2 Å². The highest BCUT2D eigenvalue weighted by Crippen LogP contribution is 2.30. The van der Waals surface area contributed by atoms with Crippen LogP contribution in [0.1, 0.15) is 11.3 Å². The zero-order valence-electron chi connectivity index (χ0n) is 15.3. The van der Waals surface area contributed by atoms with Gasteiger partial charge < -0.3 is 9.32 Å². The molecule has 1 amide bonds. The van der Waals surface area contributed by atoms with Crippen LogP contribution < -0.4 is 4.90 Å². The normalized spacial score (nSPS) is 15.8. The first kappa shape index (κ1) is 18.7. The molecule has 0 aliphatic carbocycles. The number of nitrogens with zero attached hydrogens (tertiary/aromatic N) is 2. The number of thiocarbonyl (C=S) groups is 1. The summed E-state index contributed by atoms with van der Waals surface area (Å²) >= 11 is 8.99. The SMILES string of the molecule is Cc1cc(-c2ccc(/C=C3/C(=O)N(c4ccccc4)C(=S)N3C)o2)ccc1Br. The molecule has 1 aliphatic heterocycles. The maximum absolute atomic E-state index is 13.0. The Morgan fingerprint density at radius 3 is 2.54 bits per heavy atom. The fraction of sp³-hybridized carbons (Fsp3) is 0.0909. The van der Waals surface area contributed by atoms with Crippen LogP contribution in [0, 0.1) is 6.92 Å². The van der Waals surface area contributed by atoms with E-state index in [1.807, 2.05) is 61.5 Å². The molecule has 6 heteroatoms. The molecule has 140 valence electrons. The van der Waals surface area contributed by atoms with Gasteiger partial charge in [0, 0.05) is 23.2 Å². The molecule has 1 fully saturated rings. The number of likely N-dealkylation sites (N-methyl/N-ethyl adjacent to an activating group) is 1. The molecule has 2 aromatic carbocycles. The lowest BCUT2D eigenvalue weighted by Gasteiger charge is -2.16. The average molecular weight is 453 g/mol. The Balaban J connectivity index is 1.66. The Bertz CT molecular complexity index is 1100. The van der Waals surface area contributed by atoms with E-state index in [2.05, 4.69) is 22.0 Å². The van der Waals surface area contributed by atoms with Crippen molar-refractivity contribution in [2.24, 2.45) is 0 Å². The Labute approximate surface area is 177 Å². The first-order valence-corrected chi connectivity index (χ1v) is 9.91. The first-order chi connectivity index (χ1) is 13.5. The molecule has 0 atom stereocenters. The number of carbonyl (C=O) groups excluding carboxylic acids is 1. The van der Waals surface area contributed by atoms with Crippen molar-refractivity contribution in [1.29, 1.82) is 0 Å². The van der Waals surface area contributed by atoms with Gasteiger partial charge in [0.15, 0.2) is 5.11 Å². The largest absolute Gasteiger partial charge is 0.457 e. The number of hydrogen-bond acceptors (Lipinski definition) is 3. The maximum atomic E-state index is 13.0. The number of halogens is 1. The summed E-state index contributed by atoms with van der Waals surface area (Å²) in [4.78, 5) is 16.2. The Morgan fingerprint density at radius 1 is 1.07 bits per heavy atom.